The number of allylic oxidation sites excluding steroid dienone is 13. The number of hydrogen-bond donors (Lipinski definition) is 3. The lowest BCUT2D eigenvalue weighted by Gasteiger charge is -2.25. The van der Waals surface area contributed by atoms with Crippen LogP contribution in [0.25, 0.3) is 0 Å². The molecule has 0 heterocycles. The number of hydrogen-bond acceptors (Lipinski definition) is 5. The van der Waals surface area contributed by atoms with Gasteiger partial charge >= 0.3 is 7.82 Å². The highest BCUT2D eigenvalue weighted by Crippen LogP contribution is 2.43. The standard InChI is InChI=1S/C54H97N2O6P/c1-6-8-10-12-14-16-18-20-22-24-25-26-27-28-29-30-31-32-34-36-38-40-42-44-46-48-54(58)55-52(51-62-63(59,60)61-50-49-56(3,4)5)53(57)47-45-43-41-39-37-35-33-23-21-19-17-15-13-11-9-7-2/h8,10,14,16,20-23,25-26,37,39,45,47,52-53,57H,6-7,9,11-13,15,17-19,24,27-36,38,40-44,46,48-51H2,1-5H3,(H-,55,58,59,60)/p+1/b10-8-,16-14-,22-20-,23-21+,26-25-,39-37+,47-45+. The van der Waals surface area contributed by atoms with E-state index in [1.165, 1.54) is 109 Å². The Kier molecular flexibility index (Phi) is 43.2. The maximum Gasteiger partial charge on any atom is 0.472 e. The summed E-state index contributed by atoms with van der Waals surface area (Å²) in [7, 11) is 1.53. The van der Waals surface area contributed by atoms with Gasteiger partial charge in [0.05, 0.1) is 39.9 Å². The van der Waals surface area contributed by atoms with Gasteiger partial charge in [-0.15, -0.1) is 0 Å². The number of amides is 1. The largest absolute Gasteiger partial charge is 0.472 e. The van der Waals surface area contributed by atoms with Crippen LogP contribution in [0, 0.1) is 0 Å². The van der Waals surface area contributed by atoms with Gasteiger partial charge in [-0.25, -0.2) is 4.57 Å². The molecule has 0 fully saturated rings. The van der Waals surface area contributed by atoms with Crippen LogP contribution in [0.4, 0.5) is 0 Å². The van der Waals surface area contributed by atoms with E-state index >= 15 is 0 Å². The summed E-state index contributed by atoms with van der Waals surface area (Å²) in [5.74, 6) is -0.197. The summed E-state index contributed by atoms with van der Waals surface area (Å²) >= 11 is 0. The van der Waals surface area contributed by atoms with Crippen LogP contribution in [-0.2, 0) is 18.4 Å². The zero-order valence-electron chi connectivity index (χ0n) is 41.3. The Morgan fingerprint density at radius 2 is 0.968 bits per heavy atom. The number of nitrogens with zero attached hydrogens (tertiary/aromatic N) is 1. The Hall–Kier alpha value is -2.32. The van der Waals surface area contributed by atoms with Gasteiger partial charge < -0.3 is 19.8 Å². The number of phosphoric acid groups is 1. The molecule has 364 valence electrons. The molecule has 3 unspecified atom stereocenters. The molecule has 0 saturated carbocycles. The van der Waals surface area contributed by atoms with Crippen molar-refractivity contribution in [1.82, 2.24) is 5.32 Å². The molecule has 0 aliphatic rings. The molecule has 3 N–H and O–H groups in total. The van der Waals surface area contributed by atoms with Crippen molar-refractivity contribution in [1.29, 1.82) is 0 Å². The van der Waals surface area contributed by atoms with E-state index in [0.29, 0.717) is 17.4 Å². The molecule has 0 aromatic rings. The molecule has 0 aliphatic heterocycles. The number of carbonyl (C=O) groups is 1. The molecule has 8 nitrogen and oxygen atoms in total. The first kappa shape index (κ1) is 60.7. The Bertz CT molecular complexity index is 1300. The molecule has 0 aliphatic carbocycles. The molecule has 0 saturated heterocycles. The van der Waals surface area contributed by atoms with Gasteiger partial charge in [0.2, 0.25) is 5.91 Å². The molecular formula is C54H98N2O6P+. The van der Waals surface area contributed by atoms with Crippen LogP contribution in [0.1, 0.15) is 200 Å². The maximum atomic E-state index is 12.9. The molecule has 3 atom stereocenters. The van der Waals surface area contributed by atoms with Crippen LogP contribution in [0.15, 0.2) is 85.1 Å². The fourth-order valence-corrected chi connectivity index (χ4v) is 7.56. The van der Waals surface area contributed by atoms with Gasteiger partial charge in [0.15, 0.2) is 0 Å². The predicted octanol–water partition coefficient (Wildman–Crippen LogP) is 14.9. The van der Waals surface area contributed by atoms with E-state index in [1.54, 1.807) is 6.08 Å². The summed E-state index contributed by atoms with van der Waals surface area (Å²) in [5, 5.41) is 13.8. The monoisotopic (exact) mass is 902 g/mol. The van der Waals surface area contributed by atoms with Gasteiger partial charge in [-0.2, -0.15) is 0 Å². The molecule has 0 bridgehead atoms. The molecule has 0 aromatic carbocycles. The number of rotatable bonds is 45. The first-order valence-corrected chi connectivity index (χ1v) is 27.0. The lowest BCUT2D eigenvalue weighted by molar-refractivity contribution is -0.870. The second-order valence-corrected chi connectivity index (χ2v) is 19.6. The predicted molar refractivity (Wildman–Crippen MR) is 272 cm³/mol. The first-order valence-electron chi connectivity index (χ1n) is 25.5. The summed E-state index contributed by atoms with van der Waals surface area (Å²) in [5.41, 5.74) is 0. The normalized spacial score (nSPS) is 14.8. The zero-order chi connectivity index (χ0) is 46.4. The summed E-state index contributed by atoms with van der Waals surface area (Å²) in [6.07, 6.45) is 62.4. The zero-order valence-corrected chi connectivity index (χ0v) is 42.2. The van der Waals surface area contributed by atoms with Crippen LogP contribution in [0.3, 0.4) is 0 Å². The minimum atomic E-state index is -4.36. The molecule has 63 heavy (non-hydrogen) atoms. The fraction of sp³-hybridized carbons (Fsp3) is 0.722. The van der Waals surface area contributed by atoms with Gasteiger partial charge in [0.25, 0.3) is 0 Å². The van der Waals surface area contributed by atoms with Gasteiger partial charge in [-0.1, -0.05) is 195 Å². The number of aliphatic hydroxyl groups excluding tert-OH is 1. The minimum absolute atomic E-state index is 0.0496. The third-order valence-corrected chi connectivity index (χ3v) is 11.8. The second kappa shape index (κ2) is 44.9. The van der Waals surface area contributed by atoms with E-state index in [4.69, 9.17) is 9.05 Å². The fourth-order valence-electron chi connectivity index (χ4n) is 6.83. The van der Waals surface area contributed by atoms with Crippen molar-refractivity contribution in [2.24, 2.45) is 0 Å². The molecular weight excluding hydrogens is 804 g/mol. The number of likely N-dealkylation sites (N-methyl/N-ethyl adjacent to an activating group) is 1. The third-order valence-electron chi connectivity index (χ3n) is 10.8. The SMILES string of the molecule is CC/C=C\C/C=C\C/C=C\C/C=C\CCCCCCCCCCCCCCC(=O)NC(COP(=O)(O)OCC[N+](C)(C)C)C(O)/C=C/CC/C=C/CC/C=C/CCCCCCCC. The number of aliphatic hydroxyl groups is 1. The van der Waals surface area contributed by atoms with Crippen molar-refractivity contribution in [2.45, 2.75) is 212 Å². The summed E-state index contributed by atoms with van der Waals surface area (Å²) in [6, 6.07) is -0.875. The Morgan fingerprint density at radius 1 is 0.556 bits per heavy atom. The van der Waals surface area contributed by atoms with Crippen molar-refractivity contribution in [3.8, 4) is 0 Å². The first-order chi connectivity index (χ1) is 30.5. The van der Waals surface area contributed by atoms with Gasteiger partial charge in [-0.3, -0.25) is 13.8 Å². The van der Waals surface area contributed by atoms with Crippen LogP contribution in [-0.4, -0.2) is 73.4 Å². The van der Waals surface area contributed by atoms with Crippen molar-refractivity contribution in [3.05, 3.63) is 85.1 Å². The van der Waals surface area contributed by atoms with Crippen LogP contribution < -0.4 is 5.32 Å². The Labute approximate surface area is 388 Å². The van der Waals surface area contributed by atoms with E-state index in [-0.39, 0.29) is 19.1 Å². The minimum Gasteiger partial charge on any atom is -0.387 e. The highest BCUT2D eigenvalue weighted by atomic mass is 31.2. The van der Waals surface area contributed by atoms with E-state index < -0.39 is 20.0 Å². The molecule has 9 heteroatoms. The molecule has 1 amide bonds. The quantitative estimate of drug-likeness (QED) is 0.0243. The van der Waals surface area contributed by atoms with E-state index in [9.17, 15) is 19.4 Å². The smallest absolute Gasteiger partial charge is 0.387 e. The van der Waals surface area contributed by atoms with Crippen LogP contribution in [0.2, 0.25) is 0 Å². The van der Waals surface area contributed by atoms with Gasteiger partial charge in [0.1, 0.15) is 13.2 Å². The van der Waals surface area contributed by atoms with E-state index in [2.05, 4.69) is 92.1 Å². The number of unbranched alkanes of at least 4 members (excludes halogenated alkanes) is 20. The van der Waals surface area contributed by atoms with E-state index in [0.717, 1.165) is 70.6 Å². The van der Waals surface area contributed by atoms with Crippen molar-refractivity contribution in [2.75, 3.05) is 40.9 Å². The molecule has 0 radical (unpaired) electrons. The average Bonchev–Trinajstić information content (AvgIpc) is 3.24. The Morgan fingerprint density at radius 3 is 1.46 bits per heavy atom. The van der Waals surface area contributed by atoms with Crippen molar-refractivity contribution < 1.29 is 32.9 Å². The summed E-state index contributed by atoms with van der Waals surface area (Å²) in [6.45, 7) is 4.65. The molecule has 0 spiro atoms. The Balaban J connectivity index is 4.33. The van der Waals surface area contributed by atoms with Gasteiger partial charge in [0, 0.05) is 6.42 Å². The lowest BCUT2D eigenvalue weighted by Crippen LogP contribution is -2.45. The van der Waals surface area contributed by atoms with E-state index in [1.807, 2.05) is 27.2 Å². The van der Waals surface area contributed by atoms with Crippen molar-refractivity contribution in [3.63, 3.8) is 0 Å². The summed E-state index contributed by atoms with van der Waals surface area (Å²) in [4.78, 5) is 23.2. The second-order valence-electron chi connectivity index (χ2n) is 18.1. The highest BCUT2D eigenvalue weighted by Gasteiger charge is 2.27. The number of nitrogens with one attached hydrogen (secondary N) is 1. The van der Waals surface area contributed by atoms with Crippen LogP contribution >= 0.6 is 7.82 Å². The highest BCUT2D eigenvalue weighted by molar-refractivity contribution is 7.47. The lowest BCUT2D eigenvalue weighted by atomic mass is 10.0. The topological polar surface area (TPSA) is 105 Å². The van der Waals surface area contributed by atoms with Gasteiger partial charge in [-0.05, 0) is 83.5 Å². The van der Waals surface area contributed by atoms with Crippen molar-refractivity contribution >= 4 is 13.7 Å². The number of phosphoric ester groups is 1. The summed E-state index contributed by atoms with van der Waals surface area (Å²) < 4.78 is 23.6. The number of quaternary nitrogens is 1. The molecule has 0 rings (SSSR count). The van der Waals surface area contributed by atoms with Crippen LogP contribution in [0.5, 0.6) is 0 Å². The molecule has 0 aromatic heterocycles. The third kappa shape index (κ3) is 47.5. The average molecular weight is 902 g/mol. The number of carbonyl (C=O) groups excluding carboxylic acids is 1. The maximum absolute atomic E-state index is 12.9.